The average Bonchev–Trinajstić information content (AvgIpc) is 3.04. The maximum atomic E-state index is 13.8. The molecule has 1 atom stereocenters. The highest BCUT2D eigenvalue weighted by Crippen LogP contribution is 2.27. The molecule has 3 rings (SSSR count). The Bertz CT molecular complexity index is 1090. The number of hydrogen-bond acceptors (Lipinski definition) is 3. The Morgan fingerprint density at radius 1 is 1.23 bits per heavy atom. The zero-order valence-electron chi connectivity index (χ0n) is 17.4. The Kier molecular flexibility index (Phi) is 6.50. The molecule has 1 amide bonds. The number of imidazole rings is 1. The monoisotopic (exact) mass is 411 g/mol. The van der Waals surface area contributed by atoms with Crippen LogP contribution in [0.3, 0.4) is 0 Å². The molecule has 0 saturated heterocycles. The molecule has 0 radical (unpaired) electrons. The second kappa shape index (κ2) is 9.07. The molecule has 0 aliphatic heterocycles. The van der Waals surface area contributed by atoms with E-state index in [2.05, 4.69) is 10.3 Å². The van der Waals surface area contributed by atoms with Crippen LogP contribution in [0, 0.1) is 19.7 Å². The molecule has 0 spiro atoms. The average molecular weight is 411 g/mol. The van der Waals surface area contributed by atoms with Crippen LogP contribution >= 0.6 is 0 Å². The van der Waals surface area contributed by atoms with Gasteiger partial charge in [0.25, 0.3) is 0 Å². The minimum absolute atomic E-state index is 0.0354. The van der Waals surface area contributed by atoms with Gasteiger partial charge in [-0.05, 0) is 55.7 Å². The molecule has 2 heterocycles. The molecule has 30 heavy (non-hydrogen) atoms. The summed E-state index contributed by atoms with van der Waals surface area (Å²) in [4.78, 5) is 28.9. The molecule has 0 aliphatic rings. The summed E-state index contributed by atoms with van der Waals surface area (Å²) in [5, 5.41) is 12.0. The van der Waals surface area contributed by atoms with E-state index in [0.29, 0.717) is 41.0 Å². The first-order chi connectivity index (χ1) is 14.3. The van der Waals surface area contributed by atoms with Gasteiger partial charge in [-0.1, -0.05) is 25.8 Å². The second-order valence-corrected chi connectivity index (χ2v) is 7.58. The highest BCUT2D eigenvalue weighted by molar-refractivity contribution is 5.86. The van der Waals surface area contributed by atoms with Crippen LogP contribution in [0.1, 0.15) is 43.0 Å². The number of carboxylic acid groups (broad SMARTS) is 1. The Morgan fingerprint density at radius 3 is 2.67 bits per heavy atom. The largest absolute Gasteiger partial charge is 0.480 e. The lowest BCUT2D eigenvalue weighted by atomic mass is 10.0. The topological polar surface area (TPSA) is 83.7 Å². The van der Waals surface area contributed by atoms with Gasteiger partial charge in [-0.2, -0.15) is 0 Å². The third kappa shape index (κ3) is 4.67. The fourth-order valence-electron chi connectivity index (χ4n) is 3.45. The molecule has 158 valence electrons. The van der Waals surface area contributed by atoms with Gasteiger partial charge < -0.3 is 14.8 Å². The fraction of sp³-hybridized carbons (Fsp3) is 0.348. The van der Waals surface area contributed by atoms with E-state index in [9.17, 15) is 19.1 Å². The highest BCUT2D eigenvalue weighted by atomic mass is 19.1. The number of pyridine rings is 1. The summed E-state index contributed by atoms with van der Waals surface area (Å²) in [5.74, 6) is -1.74. The molecule has 3 aromatic rings. The summed E-state index contributed by atoms with van der Waals surface area (Å²) in [7, 11) is 0. The molecular weight excluding hydrogens is 385 g/mol. The van der Waals surface area contributed by atoms with Gasteiger partial charge in [0.15, 0.2) is 0 Å². The minimum Gasteiger partial charge on any atom is -0.480 e. The van der Waals surface area contributed by atoms with Gasteiger partial charge in [-0.3, -0.25) is 4.79 Å². The van der Waals surface area contributed by atoms with Crippen LogP contribution in [0.25, 0.3) is 16.9 Å². The van der Waals surface area contributed by atoms with Crippen LogP contribution in [0.4, 0.5) is 4.39 Å². The van der Waals surface area contributed by atoms with Crippen molar-refractivity contribution >= 4 is 17.5 Å². The van der Waals surface area contributed by atoms with Crippen LogP contribution < -0.4 is 5.32 Å². The van der Waals surface area contributed by atoms with Crippen LogP contribution in [-0.4, -0.2) is 32.4 Å². The Balaban J connectivity index is 1.98. The van der Waals surface area contributed by atoms with Gasteiger partial charge in [0.2, 0.25) is 5.91 Å². The Labute approximate surface area is 174 Å². The zero-order valence-corrected chi connectivity index (χ0v) is 17.4. The summed E-state index contributed by atoms with van der Waals surface area (Å²) < 4.78 is 15.6. The number of hydrogen-bond donors (Lipinski definition) is 2. The molecular formula is C23H26FN3O3. The van der Waals surface area contributed by atoms with Crippen molar-refractivity contribution in [3.8, 4) is 11.3 Å². The number of carbonyl (C=O) groups is 2. The maximum absolute atomic E-state index is 13.8. The highest BCUT2D eigenvalue weighted by Gasteiger charge is 2.22. The lowest BCUT2D eigenvalue weighted by Gasteiger charge is -2.14. The molecule has 7 heteroatoms. The number of aliphatic carboxylic acids is 1. The number of nitrogens with one attached hydrogen (secondary N) is 1. The number of fused-ring (bicyclic) bond motifs is 1. The van der Waals surface area contributed by atoms with Crippen LogP contribution in [0.15, 0.2) is 36.5 Å². The Morgan fingerprint density at radius 2 is 2.00 bits per heavy atom. The zero-order chi connectivity index (χ0) is 21.8. The number of unbranched alkanes of at least 4 members (excludes halogenated alkanes) is 1. The maximum Gasteiger partial charge on any atom is 0.326 e. The smallest absolute Gasteiger partial charge is 0.326 e. The predicted molar refractivity (Wildman–Crippen MR) is 113 cm³/mol. The fourth-order valence-corrected chi connectivity index (χ4v) is 3.45. The van der Waals surface area contributed by atoms with E-state index in [0.717, 1.165) is 12.0 Å². The van der Waals surface area contributed by atoms with E-state index >= 15 is 0 Å². The van der Waals surface area contributed by atoms with Gasteiger partial charge >= 0.3 is 5.97 Å². The normalized spacial score (nSPS) is 12.1. The molecule has 0 saturated carbocycles. The number of nitrogens with zero attached hydrogens (tertiary/aromatic N) is 2. The summed E-state index contributed by atoms with van der Waals surface area (Å²) >= 11 is 0. The number of aryl methyl sites for hydroxylation is 2. The molecule has 1 aromatic carbocycles. The van der Waals surface area contributed by atoms with Crippen molar-refractivity contribution in [1.29, 1.82) is 0 Å². The quantitative estimate of drug-likeness (QED) is 0.586. The van der Waals surface area contributed by atoms with E-state index in [-0.39, 0.29) is 18.1 Å². The first kappa shape index (κ1) is 21.5. The molecule has 0 fully saturated rings. The summed E-state index contributed by atoms with van der Waals surface area (Å²) in [6.07, 6.45) is 3.79. The van der Waals surface area contributed by atoms with Crippen molar-refractivity contribution in [3.05, 3.63) is 59.2 Å². The molecule has 2 aromatic heterocycles. The van der Waals surface area contributed by atoms with Crippen molar-refractivity contribution < 1.29 is 19.1 Å². The first-order valence-electron chi connectivity index (χ1n) is 10.1. The van der Waals surface area contributed by atoms with E-state index < -0.39 is 12.0 Å². The van der Waals surface area contributed by atoms with E-state index in [4.69, 9.17) is 0 Å². The van der Waals surface area contributed by atoms with Gasteiger partial charge in [0.05, 0.1) is 17.8 Å². The summed E-state index contributed by atoms with van der Waals surface area (Å²) in [6, 6.07) is 7.59. The van der Waals surface area contributed by atoms with E-state index in [1.807, 2.05) is 36.6 Å². The van der Waals surface area contributed by atoms with E-state index in [1.165, 1.54) is 6.07 Å². The van der Waals surface area contributed by atoms with Crippen molar-refractivity contribution in [2.75, 3.05) is 0 Å². The number of amides is 1. The molecule has 0 bridgehead atoms. The summed E-state index contributed by atoms with van der Waals surface area (Å²) in [5.41, 5.74) is 4.08. The van der Waals surface area contributed by atoms with Crippen molar-refractivity contribution in [2.24, 2.45) is 0 Å². The van der Waals surface area contributed by atoms with E-state index in [1.54, 1.807) is 19.1 Å². The first-order valence-corrected chi connectivity index (χ1v) is 10.1. The van der Waals surface area contributed by atoms with Crippen molar-refractivity contribution in [2.45, 2.75) is 52.5 Å². The second-order valence-electron chi connectivity index (χ2n) is 7.58. The lowest BCUT2D eigenvalue weighted by Crippen LogP contribution is -2.41. The molecule has 1 unspecified atom stereocenters. The van der Waals surface area contributed by atoms with Gasteiger partial charge in [-0.15, -0.1) is 0 Å². The van der Waals surface area contributed by atoms with Gasteiger partial charge in [0.1, 0.15) is 17.5 Å². The predicted octanol–water partition coefficient (Wildman–Crippen LogP) is 4.06. The third-order valence-corrected chi connectivity index (χ3v) is 5.10. The molecule has 0 aliphatic carbocycles. The van der Waals surface area contributed by atoms with Crippen LogP contribution in [-0.2, 0) is 16.0 Å². The van der Waals surface area contributed by atoms with Gasteiger partial charge in [0, 0.05) is 11.8 Å². The number of rotatable bonds is 8. The van der Waals surface area contributed by atoms with Crippen molar-refractivity contribution in [1.82, 2.24) is 14.7 Å². The van der Waals surface area contributed by atoms with Crippen LogP contribution in [0.2, 0.25) is 0 Å². The standard InChI is InChI=1S/C23H26FN3O3/c1-4-5-6-18(23(29)30)25-21(28)12-19-22(16-8-9-17(24)15(3)11-16)26-20-10-7-14(2)13-27(19)20/h7-11,13,18H,4-6,12H2,1-3H3,(H,25,28)(H,29,30). The number of halogens is 1. The summed E-state index contributed by atoms with van der Waals surface area (Å²) in [6.45, 7) is 5.59. The number of carboxylic acids is 1. The number of carbonyl (C=O) groups excluding carboxylic acids is 1. The molecule has 6 nitrogen and oxygen atoms in total. The SMILES string of the molecule is CCCCC(NC(=O)Cc1c(-c2ccc(F)c(C)c2)nc2ccc(C)cn12)C(=O)O. The number of benzene rings is 1. The minimum atomic E-state index is -1.04. The number of aromatic nitrogens is 2. The lowest BCUT2D eigenvalue weighted by molar-refractivity contribution is -0.142. The van der Waals surface area contributed by atoms with Crippen molar-refractivity contribution in [3.63, 3.8) is 0 Å². The van der Waals surface area contributed by atoms with Crippen LogP contribution in [0.5, 0.6) is 0 Å². The third-order valence-electron chi connectivity index (χ3n) is 5.10. The van der Waals surface area contributed by atoms with Gasteiger partial charge in [-0.25, -0.2) is 14.2 Å². The molecule has 2 N–H and O–H groups in total. The Hall–Kier alpha value is -3.22.